The van der Waals surface area contributed by atoms with E-state index in [1.54, 1.807) is 0 Å². The molecule has 1 unspecified atom stereocenters. The first-order valence-corrected chi connectivity index (χ1v) is 5.76. The van der Waals surface area contributed by atoms with Crippen molar-refractivity contribution in [3.8, 4) is 0 Å². The van der Waals surface area contributed by atoms with Gasteiger partial charge in [-0.1, -0.05) is 26.2 Å². The maximum atomic E-state index is 11.0. The van der Waals surface area contributed by atoms with Gasteiger partial charge in [-0.15, -0.1) is 0 Å². The van der Waals surface area contributed by atoms with Crippen molar-refractivity contribution < 1.29 is 63.9 Å². The smallest absolute Gasteiger partial charge is 0.550 e. The maximum absolute atomic E-state index is 11.0. The fraction of sp³-hybridized carbons (Fsp3) is 0.727. The Bertz CT molecular complexity index is 293. The van der Waals surface area contributed by atoms with Crippen LogP contribution in [0.5, 0.6) is 0 Å². The summed E-state index contributed by atoms with van der Waals surface area (Å²) in [4.78, 5) is 40.5. The zero-order valence-electron chi connectivity index (χ0n) is 11.2. The first-order chi connectivity index (χ1) is 8.47. The van der Waals surface area contributed by atoms with Crippen LogP contribution in [-0.2, 0) is 24.2 Å². The van der Waals surface area contributed by atoms with Crippen LogP contribution >= 0.6 is 0 Å². The van der Waals surface area contributed by atoms with Crippen molar-refractivity contribution in [2.45, 2.75) is 51.6 Å². The Morgan fingerprint density at radius 1 is 1.21 bits per heavy atom. The Labute approximate surface area is 133 Å². The Balaban J connectivity index is 0. The van der Waals surface area contributed by atoms with Crippen LogP contribution in [0.2, 0.25) is 0 Å². The van der Waals surface area contributed by atoms with E-state index in [4.69, 9.17) is 5.11 Å². The summed E-state index contributed by atoms with van der Waals surface area (Å²) in [6.07, 6.45) is 0.535. The molecule has 0 aliphatic heterocycles. The zero-order chi connectivity index (χ0) is 14.0. The largest absolute Gasteiger partial charge is 1.00 e. The standard InChI is InChI=1S/C11H18O7.Na/c1-2-3-4-5-8(11(15)16)17-18-10(14)7-6-9(12)13;/h8H,2-7H2,1H3,(H,12,13)(H,15,16);/q;+1/p-1. The second kappa shape index (κ2) is 12.4. The molecule has 0 rings (SSSR count). The first kappa shape index (κ1) is 20.7. The Morgan fingerprint density at radius 2 is 1.84 bits per heavy atom. The van der Waals surface area contributed by atoms with Crippen molar-refractivity contribution in [3.63, 3.8) is 0 Å². The third-order valence-corrected chi connectivity index (χ3v) is 2.14. The van der Waals surface area contributed by atoms with E-state index in [0.717, 1.165) is 12.8 Å². The van der Waals surface area contributed by atoms with Crippen molar-refractivity contribution in [2.24, 2.45) is 0 Å². The van der Waals surface area contributed by atoms with Gasteiger partial charge in [0, 0.05) is 5.97 Å². The van der Waals surface area contributed by atoms with Crippen LogP contribution in [0, 0.1) is 0 Å². The fourth-order valence-corrected chi connectivity index (χ4v) is 1.15. The zero-order valence-corrected chi connectivity index (χ0v) is 13.2. The van der Waals surface area contributed by atoms with Crippen molar-refractivity contribution in [1.29, 1.82) is 0 Å². The molecule has 0 aliphatic carbocycles. The normalized spacial score (nSPS) is 11.2. The van der Waals surface area contributed by atoms with Gasteiger partial charge in [-0.2, -0.15) is 4.89 Å². The fourth-order valence-electron chi connectivity index (χ4n) is 1.15. The van der Waals surface area contributed by atoms with Crippen molar-refractivity contribution in [2.75, 3.05) is 0 Å². The molecule has 1 atom stereocenters. The van der Waals surface area contributed by atoms with Gasteiger partial charge in [-0.25, -0.2) is 9.59 Å². The number of aliphatic carboxylic acids is 2. The van der Waals surface area contributed by atoms with Crippen LogP contribution in [0.1, 0.15) is 45.4 Å². The van der Waals surface area contributed by atoms with E-state index in [2.05, 4.69) is 9.78 Å². The molecular formula is C11H17NaO7. The van der Waals surface area contributed by atoms with E-state index in [1.807, 2.05) is 6.92 Å². The van der Waals surface area contributed by atoms with Gasteiger partial charge in [-0.3, -0.25) is 4.89 Å². The quantitative estimate of drug-likeness (QED) is 0.197. The molecule has 19 heavy (non-hydrogen) atoms. The molecule has 104 valence electrons. The van der Waals surface area contributed by atoms with Gasteiger partial charge < -0.3 is 15.0 Å². The maximum Gasteiger partial charge on any atom is 1.00 e. The Kier molecular flexibility index (Phi) is 13.5. The summed E-state index contributed by atoms with van der Waals surface area (Å²) in [5, 5.41) is 18.9. The predicted octanol–water partition coefficient (Wildman–Crippen LogP) is -2.97. The number of carbonyl (C=O) groups is 3. The van der Waals surface area contributed by atoms with Gasteiger partial charge in [0.25, 0.3) is 0 Å². The van der Waals surface area contributed by atoms with Crippen molar-refractivity contribution in [3.05, 3.63) is 0 Å². The molecule has 0 spiro atoms. The van der Waals surface area contributed by atoms with Crippen LogP contribution in [0.15, 0.2) is 0 Å². The summed E-state index contributed by atoms with van der Waals surface area (Å²) < 4.78 is 0. The number of unbranched alkanes of at least 4 members (excludes halogenated alkanes) is 2. The minimum atomic E-state index is -1.38. The van der Waals surface area contributed by atoms with Crippen LogP contribution in [0.3, 0.4) is 0 Å². The molecular weight excluding hydrogens is 267 g/mol. The van der Waals surface area contributed by atoms with Crippen molar-refractivity contribution in [1.82, 2.24) is 0 Å². The molecule has 8 heteroatoms. The van der Waals surface area contributed by atoms with E-state index in [1.165, 1.54) is 0 Å². The molecule has 0 aromatic carbocycles. The summed E-state index contributed by atoms with van der Waals surface area (Å²) in [5.41, 5.74) is 0. The number of carboxylic acids is 2. The number of hydrogen-bond donors (Lipinski definition) is 1. The van der Waals surface area contributed by atoms with E-state index in [-0.39, 0.29) is 36.0 Å². The summed E-state index contributed by atoms with van der Waals surface area (Å²) >= 11 is 0. The monoisotopic (exact) mass is 284 g/mol. The minimum Gasteiger partial charge on any atom is -0.550 e. The average molecular weight is 284 g/mol. The molecule has 7 nitrogen and oxygen atoms in total. The van der Waals surface area contributed by atoms with E-state index < -0.39 is 36.9 Å². The molecule has 0 radical (unpaired) electrons. The number of carboxylic acid groups (broad SMARTS) is 2. The summed E-state index contributed by atoms with van der Waals surface area (Å²) in [6.45, 7) is 1.97. The number of hydrogen-bond acceptors (Lipinski definition) is 6. The molecule has 0 saturated heterocycles. The Hall–Kier alpha value is -0.630. The van der Waals surface area contributed by atoms with Crippen LogP contribution in [0.4, 0.5) is 0 Å². The Morgan fingerprint density at radius 3 is 2.32 bits per heavy atom. The van der Waals surface area contributed by atoms with E-state index in [9.17, 15) is 19.5 Å². The van der Waals surface area contributed by atoms with Gasteiger partial charge in [0.15, 0.2) is 0 Å². The second-order valence-electron chi connectivity index (χ2n) is 3.75. The van der Waals surface area contributed by atoms with Crippen LogP contribution in [-0.4, -0.2) is 29.1 Å². The molecule has 0 saturated carbocycles. The number of carbonyl (C=O) groups excluding carboxylic acids is 2. The summed E-state index contributed by atoms with van der Waals surface area (Å²) in [7, 11) is 0. The van der Waals surface area contributed by atoms with Crippen LogP contribution in [0.25, 0.3) is 0 Å². The van der Waals surface area contributed by atoms with Crippen molar-refractivity contribution >= 4 is 17.9 Å². The molecule has 0 heterocycles. The molecule has 0 amide bonds. The van der Waals surface area contributed by atoms with Gasteiger partial charge in [0.05, 0.1) is 6.42 Å². The van der Waals surface area contributed by atoms with Gasteiger partial charge in [-0.05, 0) is 12.8 Å². The molecule has 0 aliphatic rings. The number of rotatable bonds is 10. The minimum absolute atomic E-state index is 0. The van der Waals surface area contributed by atoms with Gasteiger partial charge in [0.2, 0.25) is 6.10 Å². The molecule has 0 fully saturated rings. The summed E-state index contributed by atoms with van der Waals surface area (Å²) in [6, 6.07) is 0. The first-order valence-electron chi connectivity index (χ1n) is 5.76. The third-order valence-electron chi connectivity index (χ3n) is 2.14. The van der Waals surface area contributed by atoms with E-state index >= 15 is 0 Å². The topological polar surface area (TPSA) is 113 Å². The molecule has 1 N–H and O–H groups in total. The average Bonchev–Trinajstić information content (AvgIpc) is 2.30. The molecule has 0 aromatic heterocycles. The van der Waals surface area contributed by atoms with Gasteiger partial charge in [0.1, 0.15) is 0 Å². The third kappa shape index (κ3) is 12.2. The van der Waals surface area contributed by atoms with Gasteiger partial charge >= 0.3 is 41.5 Å². The van der Waals surface area contributed by atoms with Crippen LogP contribution < -0.4 is 34.7 Å². The molecule has 0 bridgehead atoms. The molecule has 0 aromatic rings. The second-order valence-corrected chi connectivity index (χ2v) is 3.75. The predicted molar refractivity (Wildman–Crippen MR) is 57.0 cm³/mol. The SMILES string of the molecule is CCCCCC(OOC(=O)CCC(=O)[O-])C(=O)O.[Na+]. The van der Waals surface area contributed by atoms with E-state index in [0.29, 0.717) is 6.42 Å². The summed E-state index contributed by atoms with van der Waals surface area (Å²) in [5.74, 6) is -3.54.